The van der Waals surface area contributed by atoms with Crippen LogP contribution in [-0.2, 0) is 6.18 Å². The Labute approximate surface area is 159 Å². The van der Waals surface area contributed by atoms with Gasteiger partial charge in [-0.05, 0) is 36.4 Å². The van der Waals surface area contributed by atoms with Crippen LogP contribution in [-0.4, -0.2) is 18.0 Å². The number of para-hydroxylation sites is 1. The molecule has 144 valence electrons. The first kappa shape index (κ1) is 19.2. The Morgan fingerprint density at radius 1 is 1.00 bits per heavy atom. The van der Waals surface area contributed by atoms with Gasteiger partial charge in [0, 0.05) is 23.6 Å². The van der Waals surface area contributed by atoms with Crippen molar-refractivity contribution in [2.45, 2.75) is 6.18 Å². The number of carbonyl (C=O) groups is 1. The van der Waals surface area contributed by atoms with E-state index in [0.717, 1.165) is 11.8 Å². The molecule has 1 amide bonds. The molecule has 0 spiro atoms. The van der Waals surface area contributed by atoms with Gasteiger partial charge in [-0.15, -0.1) is 0 Å². The van der Waals surface area contributed by atoms with Crippen LogP contribution in [0.1, 0.15) is 16.1 Å². The molecule has 0 aliphatic carbocycles. The molecule has 2 aromatic carbocycles. The van der Waals surface area contributed by atoms with Crippen LogP contribution in [0.25, 0.3) is 0 Å². The van der Waals surface area contributed by atoms with E-state index in [1.54, 1.807) is 31.4 Å². The van der Waals surface area contributed by atoms with E-state index in [0.29, 0.717) is 11.4 Å². The summed E-state index contributed by atoms with van der Waals surface area (Å²) in [5.41, 5.74) is 0.00340. The van der Waals surface area contributed by atoms with Crippen LogP contribution in [0.2, 0.25) is 0 Å². The highest BCUT2D eigenvalue weighted by Crippen LogP contribution is 2.34. The molecule has 0 fully saturated rings. The number of halogens is 3. The highest BCUT2D eigenvalue weighted by atomic mass is 19.4. The number of nitrogens with one attached hydrogen (secondary N) is 2. The molecule has 0 atom stereocenters. The molecule has 0 aliphatic rings. The topological polar surface area (TPSA) is 63.2 Å². The molecule has 0 aliphatic heterocycles. The zero-order chi connectivity index (χ0) is 20.1. The average Bonchev–Trinajstić information content (AvgIpc) is 2.68. The van der Waals surface area contributed by atoms with Crippen molar-refractivity contribution in [1.29, 1.82) is 0 Å². The maximum atomic E-state index is 13.1. The lowest BCUT2D eigenvalue weighted by atomic mass is 10.1. The third-order valence-electron chi connectivity index (χ3n) is 3.83. The van der Waals surface area contributed by atoms with Gasteiger partial charge in [-0.3, -0.25) is 9.78 Å². The van der Waals surface area contributed by atoms with Crippen molar-refractivity contribution in [3.63, 3.8) is 0 Å². The summed E-state index contributed by atoms with van der Waals surface area (Å²) in [5, 5.41) is 5.37. The molecule has 1 aromatic heterocycles. The number of benzene rings is 2. The van der Waals surface area contributed by atoms with Crippen LogP contribution < -0.4 is 15.4 Å². The predicted molar refractivity (Wildman–Crippen MR) is 99.9 cm³/mol. The van der Waals surface area contributed by atoms with Crippen molar-refractivity contribution in [2.24, 2.45) is 0 Å². The van der Waals surface area contributed by atoms with E-state index in [4.69, 9.17) is 4.74 Å². The second-order valence-electron chi connectivity index (χ2n) is 5.78. The Kier molecular flexibility index (Phi) is 5.49. The van der Waals surface area contributed by atoms with E-state index in [9.17, 15) is 18.0 Å². The van der Waals surface area contributed by atoms with Gasteiger partial charge in [0.25, 0.3) is 5.91 Å². The number of nitrogens with zero attached hydrogens (tertiary/aromatic N) is 1. The maximum Gasteiger partial charge on any atom is 0.418 e. The molecule has 28 heavy (non-hydrogen) atoms. The molecule has 0 radical (unpaired) electrons. The fraction of sp³-hybridized carbons (Fsp3) is 0.100. The first-order valence-electron chi connectivity index (χ1n) is 8.21. The van der Waals surface area contributed by atoms with E-state index in [2.05, 4.69) is 15.6 Å². The highest BCUT2D eigenvalue weighted by molar-refractivity contribution is 6.03. The number of methoxy groups -OCH3 is 1. The number of hydrogen-bond donors (Lipinski definition) is 2. The summed E-state index contributed by atoms with van der Waals surface area (Å²) in [4.78, 5) is 16.4. The molecule has 1 heterocycles. The van der Waals surface area contributed by atoms with Crippen LogP contribution in [0.3, 0.4) is 0 Å². The molecular weight excluding hydrogens is 371 g/mol. The third-order valence-corrected chi connectivity index (χ3v) is 3.83. The Morgan fingerprint density at radius 2 is 1.75 bits per heavy atom. The van der Waals surface area contributed by atoms with Crippen LogP contribution in [0.15, 0.2) is 66.9 Å². The SMILES string of the molecule is COc1cccc(Nc2ccnc(C(=O)Nc3ccccc3C(F)(F)F)c2)c1. The summed E-state index contributed by atoms with van der Waals surface area (Å²) >= 11 is 0. The van der Waals surface area contributed by atoms with Crippen molar-refractivity contribution in [3.8, 4) is 5.75 Å². The minimum Gasteiger partial charge on any atom is -0.497 e. The van der Waals surface area contributed by atoms with Gasteiger partial charge in [-0.2, -0.15) is 13.2 Å². The lowest BCUT2D eigenvalue weighted by molar-refractivity contribution is -0.136. The predicted octanol–water partition coefficient (Wildman–Crippen LogP) is 5.10. The average molecular weight is 387 g/mol. The van der Waals surface area contributed by atoms with Crippen molar-refractivity contribution < 1.29 is 22.7 Å². The third kappa shape index (κ3) is 4.59. The molecular formula is C20H16F3N3O2. The van der Waals surface area contributed by atoms with Crippen LogP contribution in [0.5, 0.6) is 5.75 Å². The molecule has 0 bridgehead atoms. The largest absolute Gasteiger partial charge is 0.497 e. The molecule has 3 aromatic rings. The lowest BCUT2D eigenvalue weighted by Crippen LogP contribution is -2.17. The van der Waals surface area contributed by atoms with Gasteiger partial charge < -0.3 is 15.4 Å². The molecule has 3 rings (SSSR count). The molecule has 0 unspecified atom stereocenters. The number of pyridine rings is 1. The molecule has 0 saturated heterocycles. The van der Waals surface area contributed by atoms with Gasteiger partial charge in [0.1, 0.15) is 11.4 Å². The van der Waals surface area contributed by atoms with Crippen molar-refractivity contribution in [1.82, 2.24) is 4.98 Å². The Bertz CT molecular complexity index is 990. The summed E-state index contributed by atoms with van der Waals surface area (Å²) < 4.78 is 44.4. The number of carbonyl (C=O) groups excluding carboxylic acids is 1. The summed E-state index contributed by atoms with van der Waals surface area (Å²) in [7, 11) is 1.55. The number of hydrogen-bond acceptors (Lipinski definition) is 4. The van der Waals surface area contributed by atoms with E-state index in [1.807, 2.05) is 6.07 Å². The zero-order valence-electron chi connectivity index (χ0n) is 14.7. The standard InChI is InChI=1S/C20H16F3N3O2/c1-28-15-6-4-5-13(11-15)25-14-9-10-24-18(12-14)19(27)26-17-8-3-2-7-16(17)20(21,22)23/h2-12H,1H3,(H,24,25)(H,26,27). The minimum absolute atomic E-state index is 0.0233. The van der Waals surface area contributed by atoms with Gasteiger partial charge in [0.05, 0.1) is 18.4 Å². The second kappa shape index (κ2) is 7.99. The van der Waals surface area contributed by atoms with E-state index in [1.165, 1.54) is 30.5 Å². The molecule has 5 nitrogen and oxygen atoms in total. The number of aromatic nitrogens is 1. The van der Waals surface area contributed by atoms with Gasteiger partial charge in [-0.1, -0.05) is 18.2 Å². The van der Waals surface area contributed by atoms with Crippen LogP contribution >= 0.6 is 0 Å². The Balaban J connectivity index is 1.80. The number of rotatable bonds is 5. The summed E-state index contributed by atoms with van der Waals surface area (Å²) in [6.45, 7) is 0. The van der Waals surface area contributed by atoms with Crippen LogP contribution in [0, 0.1) is 0 Å². The number of ether oxygens (including phenoxy) is 1. The summed E-state index contributed by atoms with van der Waals surface area (Å²) in [5.74, 6) is -0.0910. The first-order chi connectivity index (χ1) is 13.4. The fourth-order valence-electron chi connectivity index (χ4n) is 2.53. The molecule has 8 heteroatoms. The Morgan fingerprint density at radius 3 is 2.50 bits per heavy atom. The summed E-state index contributed by atoms with van der Waals surface area (Å²) in [6.07, 6.45) is -3.18. The number of anilines is 3. The Hall–Kier alpha value is -3.55. The maximum absolute atomic E-state index is 13.1. The monoisotopic (exact) mass is 387 g/mol. The minimum atomic E-state index is -4.58. The smallest absolute Gasteiger partial charge is 0.418 e. The summed E-state index contributed by atoms with van der Waals surface area (Å²) in [6, 6.07) is 15.0. The molecule has 2 N–H and O–H groups in total. The van der Waals surface area contributed by atoms with Crippen molar-refractivity contribution >= 4 is 23.0 Å². The van der Waals surface area contributed by atoms with Crippen molar-refractivity contribution in [2.75, 3.05) is 17.7 Å². The molecule has 0 saturated carbocycles. The van der Waals surface area contributed by atoms with E-state index in [-0.39, 0.29) is 11.4 Å². The van der Waals surface area contributed by atoms with Gasteiger partial charge >= 0.3 is 6.18 Å². The van der Waals surface area contributed by atoms with Crippen molar-refractivity contribution in [3.05, 3.63) is 78.1 Å². The van der Waals surface area contributed by atoms with Crippen LogP contribution in [0.4, 0.5) is 30.2 Å². The van der Waals surface area contributed by atoms with Gasteiger partial charge in [-0.25, -0.2) is 0 Å². The van der Waals surface area contributed by atoms with Gasteiger partial charge in [0.15, 0.2) is 0 Å². The van der Waals surface area contributed by atoms with E-state index < -0.39 is 17.6 Å². The lowest BCUT2D eigenvalue weighted by Gasteiger charge is -2.13. The fourth-order valence-corrected chi connectivity index (χ4v) is 2.53. The number of alkyl halides is 3. The van der Waals surface area contributed by atoms with Gasteiger partial charge in [0.2, 0.25) is 0 Å². The highest BCUT2D eigenvalue weighted by Gasteiger charge is 2.33. The second-order valence-corrected chi connectivity index (χ2v) is 5.78. The first-order valence-corrected chi connectivity index (χ1v) is 8.21. The number of amides is 1. The normalized spacial score (nSPS) is 11.0. The quantitative estimate of drug-likeness (QED) is 0.639. The zero-order valence-corrected chi connectivity index (χ0v) is 14.7. The van der Waals surface area contributed by atoms with E-state index >= 15 is 0 Å².